The zero-order chi connectivity index (χ0) is 25.2. The molecule has 1 amide bonds. The fourth-order valence-corrected chi connectivity index (χ4v) is 4.73. The zero-order valence-corrected chi connectivity index (χ0v) is 21.2. The number of rotatable bonds is 8. The fraction of sp³-hybridized carbons (Fsp3) is 0.267. The van der Waals surface area contributed by atoms with Crippen LogP contribution in [0.2, 0.25) is 0 Å². The van der Waals surface area contributed by atoms with Crippen molar-refractivity contribution in [3.05, 3.63) is 88.6 Å². The maximum absolute atomic E-state index is 12.9. The molecule has 6 nitrogen and oxygen atoms in total. The summed E-state index contributed by atoms with van der Waals surface area (Å²) in [5.74, 6) is 1.07. The van der Waals surface area contributed by atoms with Gasteiger partial charge in [0.15, 0.2) is 0 Å². The third-order valence-corrected chi connectivity index (χ3v) is 6.75. The number of nitrogens with zero attached hydrogens (tertiary/aromatic N) is 2. The Kier molecular flexibility index (Phi) is 6.61. The highest BCUT2D eigenvalue weighted by Gasteiger charge is 2.44. The third kappa shape index (κ3) is 5.19. The molecule has 0 saturated heterocycles. The van der Waals surface area contributed by atoms with E-state index < -0.39 is 0 Å². The molecule has 1 saturated carbocycles. The van der Waals surface area contributed by atoms with Crippen molar-refractivity contribution in [2.24, 2.45) is 5.92 Å². The predicted octanol–water partition coefficient (Wildman–Crippen LogP) is 5.85. The van der Waals surface area contributed by atoms with Crippen LogP contribution in [0.1, 0.15) is 40.3 Å². The summed E-state index contributed by atoms with van der Waals surface area (Å²) in [6, 6.07) is 20.6. The molecule has 0 radical (unpaired) electrons. The van der Waals surface area contributed by atoms with Crippen molar-refractivity contribution in [1.82, 2.24) is 15.1 Å². The van der Waals surface area contributed by atoms with E-state index in [1.54, 1.807) is 7.11 Å². The summed E-state index contributed by atoms with van der Waals surface area (Å²) in [4.78, 5) is 15.0. The van der Waals surface area contributed by atoms with Crippen LogP contribution in [0.3, 0.4) is 0 Å². The lowest BCUT2D eigenvalue weighted by Crippen LogP contribution is -2.15. The molecule has 4 aromatic rings. The number of aromatic amines is 1. The molecule has 1 aliphatic rings. The predicted molar refractivity (Wildman–Crippen MR) is 146 cm³/mol. The van der Waals surface area contributed by atoms with Crippen molar-refractivity contribution in [3.63, 3.8) is 0 Å². The molecule has 2 atom stereocenters. The largest absolute Gasteiger partial charge is 0.497 e. The lowest BCUT2D eigenvalue weighted by Gasteiger charge is -2.10. The van der Waals surface area contributed by atoms with Gasteiger partial charge in [0.1, 0.15) is 5.75 Å². The quantitative estimate of drug-likeness (QED) is 0.332. The second kappa shape index (κ2) is 9.99. The van der Waals surface area contributed by atoms with Crippen LogP contribution in [-0.4, -0.2) is 42.2 Å². The Bertz CT molecular complexity index is 1440. The minimum absolute atomic E-state index is 0.0133. The van der Waals surface area contributed by atoms with Crippen LogP contribution in [0.25, 0.3) is 23.1 Å². The summed E-state index contributed by atoms with van der Waals surface area (Å²) in [6.07, 6.45) is 5.01. The molecule has 0 spiro atoms. The van der Waals surface area contributed by atoms with Crippen molar-refractivity contribution < 1.29 is 9.53 Å². The molecule has 1 fully saturated rings. The Morgan fingerprint density at radius 1 is 1.14 bits per heavy atom. The number of hydrogen-bond acceptors (Lipinski definition) is 4. The summed E-state index contributed by atoms with van der Waals surface area (Å²) < 4.78 is 5.25. The number of carbonyl (C=O) groups excluding carboxylic acids is 1. The molecule has 5 rings (SSSR count). The van der Waals surface area contributed by atoms with Crippen molar-refractivity contribution in [2.45, 2.75) is 25.8 Å². The number of anilines is 1. The molecular formula is C30H32N4O2. The highest BCUT2D eigenvalue weighted by Crippen LogP contribution is 2.48. The molecule has 0 aliphatic heterocycles. The SMILES string of the molecule is COc1ccc(NC(=O)[C@@H]2C[C@H]2c2ccc3c(/C=C/c4cccc(CN(C)C)c4)n[nH]c3c2)c(C)c1. The van der Waals surface area contributed by atoms with Crippen molar-refractivity contribution in [1.29, 1.82) is 0 Å². The summed E-state index contributed by atoms with van der Waals surface area (Å²) in [5.41, 5.74) is 7.33. The van der Waals surface area contributed by atoms with Crippen LogP contribution in [0.15, 0.2) is 60.7 Å². The smallest absolute Gasteiger partial charge is 0.228 e. The van der Waals surface area contributed by atoms with Crippen LogP contribution in [0, 0.1) is 12.8 Å². The number of nitrogens with one attached hydrogen (secondary N) is 2. The number of benzene rings is 3. The van der Waals surface area contributed by atoms with Crippen LogP contribution in [0.4, 0.5) is 5.69 Å². The zero-order valence-electron chi connectivity index (χ0n) is 21.2. The number of aromatic nitrogens is 2. The number of ether oxygens (including phenoxy) is 1. The van der Waals surface area contributed by atoms with E-state index in [0.717, 1.165) is 52.1 Å². The molecule has 36 heavy (non-hydrogen) atoms. The molecule has 0 bridgehead atoms. The third-order valence-electron chi connectivity index (χ3n) is 6.75. The number of hydrogen-bond donors (Lipinski definition) is 2. The number of fused-ring (bicyclic) bond motifs is 1. The summed E-state index contributed by atoms with van der Waals surface area (Å²) >= 11 is 0. The number of amides is 1. The molecule has 1 heterocycles. The van der Waals surface area contributed by atoms with E-state index in [2.05, 4.69) is 89.1 Å². The van der Waals surface area contributed by atoms with E-state index in [1.165, 1.54) is 11.1 Å². The van der Waals surface area contributed by atoms with Gasteiger partial charge in [-0.25, -0.2) is 0 Å². The highest BCUT2D eigenvalue weighted by molar-refractivity contribution is 5.96. The molecule has 1 aromatic heterocycles. The number of carbonyl (C=O) groups is 1. The first kappa shape index (κ1) is 23.8. The Labute approximate surface area is 212 Å². The fourth-order valence-electron chi connectivity index (χ4n) is 4.73. The number of methoxy groups -OCH3 is 1. The molecule has 0 unspecified atom stereocenters. The lowest BCUT2D eigenvalue weighted by molar-refractivity contribution is -0.117. The molecule has 2 N–H and O–H groups in total. The molecule has 3 aromatic carbocycles. The number of H-pyrrole nitrogens is 1. The van der Waals surface area contributed by atoms with Gasteiger partial charge < -0.3 is 15.0 Å². The summed E-state index contributed by atoms with van der Waals surface area (Å²) in [5, 5.41) is 11.9. The van der Waals surface area contributed by atoms with Crippen molar-refractivity contribution in [2.75, 3.05) is 26.5 Å². The molecule has 1 aliphatic carbocycles. The Balaban J connectivity index is 1.26. The Hall–Kier alpha value is -3.90. The van der Waals surface area contributed by atoms with E-state index in [0.29, 0.717) is 0 Å². The van der Waals surface area contributed by atoms with Crippen LogP contribution in [-0.2, 0) is 11.3 Å². The average molecular weight is 481 g/mol. The average Bonchev–Trinajstić information content (AvgIpc) is 3.57. The first-order valence-electron chi connectivity index (χ1n) is 12.3. The minimum Gasteiger partial charge on any atom is -0.497 e. The first-order valence-corrected chi connectivity index (χ1v) is 12.3. The lowest BCUT2D eigenvalue weighted by atomic mass is 10.0. The summed E-state index contributed by atoms with van der Waals surface area (Å²) in [6.45, 7) is 2.89. The van der Waals surface area contributed by atoms with E-state index in [1.807, 2.05) is 25.1 Å². The van der Waals surface area contributed by atoms with E-state index >= 15 is 0 Å². The Morgan fingerprint density at radius 2 is 2.00 bits per heavy atom. The first-order chi connectivity index (χ1) is 17.4. The van der Waals surface area contributed by atoms with E-state index in [4.69, 9.17) is 4.74 Å². The van der Waals surface area contributed by atoms with Gasteiger partial charge in [-0.2, -0.15) is 5.10 Å². The summed E-state index contributed by atoms with van der Waals surface area (Å²) in [7, 11) is 5.79. The van der Waals surface area contributed by atoms with Gasteiger partial charge in [0.25, 0.3) is 0 Å². The second-order valence-electron chi connectivity index (χ2n) is 9.85. The Morgan fingerprint density at radius 3 is 2.78 bits per heavy atom. The standard InChI is InChI=1S/C30H32N4O2/c1-19-14-23(36-4)10-13-27(19)31-30(35)26-17-25(26)22-9-11-24-28(32-33-29(24)16-22)12-8-20-6-5-7-21(15-20)18-34(2)3/h5-16,25-26H,17-18H2,1-4H3,(H,31,35)(H,32,33)/b12-8+/t25-,26+/m0/s1. The van der Waals surface area contributed by atoms with Gasteiger partial charge in [0, 0.05) is 23.5 Å². The van der Waals surface area contributed by atoms with Crippen LogP contribution < -0.4 is 10.1 Å². The maximum atomic E-state index is 12.9. The highest BCUT2D eigenvalue weighted by atomic mass is 16.5. The minimum atomic E-state index is -0.0133. The maximum Gasteiger partial charge on any atom is 0.228 e. The van der Waals surface area contributed by atoms with Gasteiger partial charge in [0.05, 0.1) is 18.3 Å². The van der Waals surface area contributed by atoms with Crippen LogP contribution >= 0.6 is 0 Å². The van der Waals surface area contributed by atoms with Gasteiger partial charge in [-0.15, -0.1) is 0 Å². The van der Waals surface area contributed by atoms with Gasteiger partial charge in [-0.3, -0.25) is 9.89 Å². The second-order valence-corrected chi connectivity index (χ2v) is 9.85. The van der Waals surface area contributed by atoms with Crippen LogP contribution in [0.5, 0.6) is 5.75 Å². The molecule has 6 heteroatoms. The van der Waals surface area contributed by atoms with Crippen molar-refractivity contribution in [3.8, 4) is 5.75 Å². The van der Waals surface area contributed by atoms with Gasteiger partial charge in [0.2, 0.25) is 5.91 Å². The molecule has 184 valence electrons. The van der Waals surface area contributed by atoms with E-state index in [9.17, 15) is 4.79 Å². The number of aryl methyl sites for hydroxylation is 1. The molecular weight excluding hydrogens is 448 g/mol. The topological polar surface area (TPSA) is 70.2 Å². The van der Waals surface area contributed by atoms with Gasteiger partial charge in [-0.05, 0) is 86.0 Å². The monoisotopic (exact) mass is 480 g/mol. The van der Waals surface area contributed by atoms with Gasteiger partial charge >= 0.3 is 0 Å². The van der Waals surface area contributed by atoms with E-state index in [-0.39, 0.29) is 17.7 Å². The van der Waals surface area contributed by atoms with Crippen molar-refractivity contribution >= 4 is 34.6 Å². The van der Waals surface area contributed by atoms with Gasteiger partial charge in [-0.1, -0.05) is 42.5 Å². The normalized spacial score (nSPS) is 17.1.